The summed E-state index contributed by atoms with van der Waals surface area (Å²) in [5.41, 5.74) is 11.7. The largest absolute Gasteiger partial charge is 0.311 e. The van der Waals surface area contributed by atoms with Crippen LogP contribution in [-0.2, 0) is 0 Å². The van der Waals surface area contributed by atoms with Crippen molar-refractivity contribution in [2.24, 2.45) is 0 Å². The molecule has 0 N–H and O–H groups in total. The van der Waals surface area contributed by atoms with Crippen molar-refractivity contribution in [3.05, 3.63) is 218 Å². The summed E-state index contributed by atoms with van der Waals surface area (Å²) in [7, 11) is 0. The molecule has 11 aromatic rings. The Bertz CT molecular complexity index is 3140. The number of fused-ring (bicyclic) bond motifs is 8. The molecule has 2 heteroatoms. The third-order valence-electron chi connectivity index (χ3n) is 11.3. The van der Waals surface area contributed by atoms with Crippen LogP contribution in [0, 0.1) is 0 Å². The molecule has 0 aliphatic heterocycles. The lowest BCUT2D eigenvalue weighted by molar-refractivity contribution is 1.18. The normalized spacial score (nSPS) is 11.6. The van der Waals surface area contributed by atoms with E-state index >= 15 is 0 Å². The van der Waals surface area contributed by atoms with Crippen LogP contribution in [0.2, 0.25) is 0 Å². The predicted octanol–water partition coefficient (Wildman–Crippen LogP) is 15.0. The molecule has 262 valence electrons. The Balaban J connectivity index is 0.984. The molecule has 0 saturated carbocycles. The molecule has 0 aliphatic rings. The highest BCUT2D eigenvalue weighted by Crippen LogP contribution is 2.42. The number of nitrogens with zero attached hydrogens (tertiary/aromatic N) is 2. The van der Waals surface area contributed by atoms with Gasteiger partial charge in [-0.25, -0.2) is 0 Å². The Hall–Kier alpha value is -7.42. The van der Waals surface area contributed by atoms with E-state index in [0.29, 0.717) is 0 Å². The van der Waals surface area contributed by atoms with Gasteiger partial charge in [-0.2, -0.15) is 0 Å². The lowest BCUT2D eigenvalue weighted by Gasteiger charge is -2.26. The van der Waals surface area contributed by atoms with Gasteiger partial charge in [0.2, 0.25) is 0 Å². The Labute approximate surface area is 325 Å². The van der Waals surface area contributed by atoms with Gasteiger partial charge in [0.25, 0.3) is 0 Å². The van der Waals surface area contributed by atoms with Gasteiger partial charge >= 0.3 is 0 Å². The maximum atomic E-state index is 2.44. The first-order valence-electron chi connectivity index (χ1n) is 19.3. The van der Waals surface area contributed by atoms with Crippen LogP contribution in [0.3, 0.4) is 0 Å². The van der Waals surface area contributed by atoms with Gasteiger partial charge in [-0.1, -0.05) is 152 Å². The molecule has 0 radical (unpaired) electrons. The lowest BCUT2D eigenvalue weighted by atomic mass is 10.00. The van der Waals surface area contributed by atoms with E-state index in [-0.39, 0.29) is 0 Å². The molecule has 11 rings (SSSR count). The van der Waals surface area contributed by atoms with Crippen molar-refractivity contribution < 1.29 is 0 Å². The molecule has 10 aromatic carbocycles. The zero-order valence-corrected chi connectivity index (χ0v) is 30.7. The number of rotatable bonds is 6. The molecule has 2 nitrogen and oxygen atoms in total. The second-order valence-corrected chi connectivity index (χ2v) is 14.6. The fraction of sp³-hybridized carbons (Fsp3) is 0. The van der Waals surface area contributed by atoms with Crippen molar-refractivity contribution in [2.45, 2.75) is 0 Å². The highest BCUT2D eigenvalue weighted by atomic mass is 15.1. The zero-order chi connectivity index (χ0) is 37.0. The Morgan fingerprint density at radius 1 is 0.286 bits per heavy atom. The number of aromatic nitrogens is 1. The first kappa shape index (κ1) is 32.0. The summed E-state index contributed by atoms with van der Waals surface area (Å²) in [4.78, 5) is 2.33. The van der Waals surface area contributed by atoms with Crippen LogP contribution in [-0.4, -0.2) is 4.57 Å². The fourth-order valence-corrected chi connectivity index (χ4v) is 8.65. The number of benzene rings is 10. The quantitative estimate of drug-likeness (QED) is 0.167. The molecule has 0 amide bonds. The zero-order valence-electron chi connectivity index (χ0n) is 30.7. The van der Waals surface area contributed by atoms with Crippen molar-refractivity contribution in [3.63, 3.8) is 0 Å². The molecule has 0 spiro atoms. The minimum atomic E-state index is 1.11. The van der Waals surface area contributed by atoms with Gasteiger partial charge < -0.3 is 9.47 Å². The van der Waals surface area contributed by atoms with Crippen molar-refractivity contribution >= 4 is 71.2 Å². The standard InChI is InChI=1S/C54H36N2/c1-2-16-45(17-3-1)55(47-31-25-39(26-32-47)44-22-21-37-11-4-5-14-42(37)35-44)46-29-23-38(24-30-46)43-15-10-18-48(36-43)56-51-33-27-40-12-6-8-19-49(40)53(51)54-50-20-9-7-13-41(50)28-34-52(54)56/h1-36H. The van der Waals surface area contributed by atoms with E-state index in [4.69, 9.17) is 0 Å². The van der Waals surface area contributed by atoms with Crippen LogP contribution >= 0.6 is 0 Å². The monoisotopic (exact) mass is 712 g/mol. The Morgan fingerprint density at radius 3 is 1.36 bits per heavy atom. The maximum Gasteiger partial charge on any atom is 0.0547 e. The van der Waals surface area contributed by atoms with Crippen LogP contribution in [0.5, 0.6) is 0 Å². The molecular formula is C54H36N2. The third kappa shape index (κ3) is 5.34. The number of hydrogen-bond acceptors (Lipinski definition) is 1. The van der Waals surface area contributed by atoms with Crippen LogP contribution in [0.25, 0.3) is 82.1 Å². The van der Waals surface area contributed by atoms with E-state index in [1.807, 2.05) is 0 Å². The van der Waals surface area contributed by atoms with Crippen molar-refractivity contribution in [3.8, 4) is 27.9 Å². The van der Waals surface area contributed by atoms with Crippen LogP contribution in [0.4, 0.5) is 17.1 Å². The molecule has 0 unspecified atom stereocenters. The van der Waals surface area contributed by atoms with E-state index in [0.717, 1.165) is 22.7 Å². The number of para-hydroxylation sites is 1. The average Bonchev–Trinajstić information content (AvgIpc) is 3.63. The molecule has 0 fully saturated rings. The number of hydrogen-bond donors (Lipinski definition) is 0. The van der Waals surface area contributed by atoms with Crippen LogP contribution in [0.1, 0.15) is 0 Å². The smallest absolute Gasteiger partial charge is 0.0547 e. The summed E-state index contributed by atoms with van der Waals surface area (Å²) < 4.78 is 2.44. The van der Waals surface area contributed by atoms with Crippen molar-refractivity contribution in [1.29, 1.82) is 0 Å². The summed E-state index contributed by atoms with van der Waals surface area (Å²) in [6.07, 6.45) is 0. The molecule has 0 aliphatic carbocycles. The van der Waals surface area contributed by atoms with E-state index < -0.39 is 0 Å². The minimum Gasteiger partial charge on any atom is -0.311 e. The minimum absolute atomic E-state index is 1.11. The van der Waals surface area contributed by atoms with Gasteiger partial charge in [0.15, 0.2) is 0 Å². The van der Waals surface area contributed by atoms with Crippen molar-refractivity contribution in [1.82, 2.24) is 4.57 Å². The van der Waals surface area contributed by atoms with Crippen molar-refractivity contribution in [2.75, 3.05) is 4.90 Å². The first-order valence-corrected chi connectivity index (χ1v) is 19.3. The third-order valence-corrected chi connectivity index (χ3v) is 11.3. The second-order valence-electron chi connectivity index (χ2n) is 14.6. The highest BCUT2D eigenvalue weighted by Gasteiger charge is 2.18. The summed E-state index contributed by atoms with van der Waals surface area (Å²) in [5.74, 6) is 0. The summed E-state index contributed by atoms with van der Waals surface area (Å²) in [5, 5.41) is 10.2. The molecule has 1 heterocycles. The molecule has 0 saturated heterocycles. The predicted molar refractivity (Wildman–Crippen MR) is 239 cm³/mol. The lowest BCUT2D eigenvalue weighted by Crippen LogP contribution is -2.09. The summed E-state index contributed by atoms with van der Waals surface area (Å²) >= 11 is 0. The van der Waals surface area contributed by atoms with Crippen LogP contribution < -0.4 is 4.90 Å². The molecular weight excluding hydrogens is 677 g/mol. The van der Waals surface area contributed by atoms with E-state index in [1.54, 1.807) is 0 Å². The van der Waals surface area contributed by atoms with Gasteiger partial charge in [0.05, 0.1) is 11.0 Å². The van der Waals surface area contributed by atoms with Gasteiger partial charge in [-0.05, 0) is 121 Å². The van der Waals surface area contributed by atoms with E-state index in [9.17, 15) is 0 Å². The summed E-state index contributed by atoms with van der Waals surface area (Å²) in [6, 6.07) is 79.4. The Kier molecular flexibility index (Phi) is 7.53. The van der Waals surface area contributed by atoms with Gasteiger partial charge in [0.1, 0.15) is 0 Å². The molecule has 56 heavy (non-hydrogen) atoms. The Morgan fingerprint density at radius 2 is 0.750 bits per heavy atom. The average molecular weight is 713 g/mol. The van der Waals surface area contributed by atoms with Gasteiger partial charge in [-0.15, -0.1) is 0 Å². The molecule has 0 atom stereocenters. The fourth-order valence-electron chi connectivity index (χ4n) is 8.65. The maximum absolute atomic E-state index is 2.44. The van der Waals surface area contributed by atoms with Gasteiger partial charge in [0, 0.05) is 33.5 Å². The van der Waals surface area contributed by atoms with E-state index in [2.05, 4.69) is 228 Å². The van der Waals surface area contributed by atoms with E-state index in [1.165, 1.54) is 76.4 Å². The SMILES string of the molecule is c1ccc(N(c2ccc(-c3cccc(-n4c5ccc6ccccc6c5c5c6ccccc6ccc54)c3)cc2)c2ccc(-c3ccc4ccccc4c3)cc2)cc1. The first-order chi connectivity index (χ1) is 27.8. The second kappa shape index (κ2) is 13.2. The summed E-state index contributed by atoms with van der Waals surface area (Å²) in [6.45, 7) is 0. The number of anilines is 3. The van der Waals surface area contributed by atoms with Gasteiger partial charge in [-0.3, -0.25) is 0 Å². The van der Waals surface area contributed by atoms with Crippen LogP contribution in [0.15, 0.2) is 218 Å². The topological polar surface area (TPSA) is 8.17 Å². The molecule has 1 aromatic heterocycles. The molecule has 0 bridgehead atoms. The highest BCUT2D eigenvalue weighted by molar-refractivity contribution is 6.28.